The number of hydrogen-bond donors (Lipinski definition) is 1. The average molecular weight is 436 g/mol. The van der Waals surface area contributed by atoms with Crippen LogP contribution in [0, 0.1) is 0 Å². The van der Waals surface area contributed by atoms with Gasteiger partial charge < -0.3 is 10.2 Å². The van der Waals surface area contributed by atoms with Crippen LogP contribution < -0.4 is 5.32 Å². The molecule has 0 saturated heterocycles. The Balaban J connectivity index is 1.61. The maximum atomic E-state index is 12.9. The Morgan fingerprint density at radius 2 is 1.97 bits per heavy atom. The number of nitrogens with zero attached hydrogens (tertiary/aromatic N) is 1. The van der Waals surface area contributed by atoms with Crippen LogP contribution in [-0.4, -0.2) is 29.3 Å². The molecule has 0 fully saturated rings. The summed E-state index contributed by atoms with van der Waals surface area (Å²) in [4.78, 5) is 28.3. The van der Waals surface area contributed by atoms with E-state index in [0.29, 0.717) is 25.1 Å². The molecule has 0 radical (unpaired) electrons. The van der Waals surface area contributed by atoms with Crippen LogP contribution in [0.5, 0.6) is 0 Å². The van der Waals surface area contributed by atoms with Gasteiger partial charge in [-0.05, 0) is 53.6 Å². The predicted octanol–water partition coefficient (Wildman–Crippen LogP) is 4.65. The Labute approximate surface area is 177 Å². The summed E-state index contributed by atoms with van der Waals surface area (Å²) < 4.78 is 37.9. The Morgan fingerprint density at radius 3 is 2.63 bits per heavy atom. The molecule has 0 spiro atoms. The summed E-state index contributed by atoms with van der Waals surface area (Å²) in [6.07, 6.45) is 0.348. The highest BCUT2D eigenvalue weighted by Gasteiger charge is 2.30. The number of nitrogens with one attached hydrogen (secondary N) is 1. The molecule has 2 heterocycles. The van der Waals surface area contributed by atoms with Crippen LogP contribution in [0.3, 0.4) is 0 Å². The first-order valence-electron chi connectivity index (χ1n) is 9.77. The van der Waals surface area contributed by atoms with E-state index in [1.807, 2.05) is 18.4 Å². The van der Waals surface area contributed by atoms with Crippen molar-refractivity contribution in [3.05, 3.63) is 63.4 Å². The molecule has 1 aromatic carbocycles. The molecular weight excluding hydrogens is 413 g/mol. The van der Waals surface area contributed by atoms with E-state index in [-0.39, 0.29) is 5.91 Å². The van der Waals surface area contributed by atoms with Crippen LogP contribution >= 0.6 is 11.3 Å². The number of amides is 2. The second kappa shape index (κ2) is 9.47. The highest BCUT2D eigenvalue weighted by Crippen LogP contribution is 2.29. The summed E-state index contributed by atoms with van der Waals surface area (Å²) in [5.74, 6) is -0.556. The third-order valence-corrected chi connectivity index (χ3v) is 6.00. The van der Waals surface area contributed by atoms with Crippen molar-refractivity contribution in [3.8, 4) is 0 Å². The third-order valence-electron chi connectivity index (χ3n) is 4.98. The molecule has 3 rings (SSSR count). The second-order valence-corrected chi connectivity index (χ2v) is 8.18. The van der Waals surface area contributed by atoms with Crippen molar-refractivity contribution in [1.29, 1.82) is 0 Å². The zero-order chi connectivity index (χ0) is 21.7. The van der Waals surface area contributed by atoms with Crippen LogP contribution in [0.1, 0.15) is 41.3 Å². The number of rotatable bonds is 6. The van der Waals surface area contributed by atoms with Gasteiger partial charge in [0.25, 0.3) is 0 Å². The van der Waals surface area contributed by atoms with E-state index in [0.717, 1.165) is 30.5 Å². The van der Waals surface area contributed by atoms with Crippen molar-refractivity contribution in [3.63, 3.8) is 0 Å². The third kappa shape index (κ3) is 5.50. The minimum atomic E-state index is -4.40. The number of fused-ring (bicyclic) bond motifs is 1. The van der Waals surface area contributed by atoms with Crippen LogP contribution in [0.15, 0.2) is 41.8 Å². The summed E-state index contributed by atoms with van der Waals surface area (Å²) in [7, 11) is 0. The van der Waals surface area contributed by atoms with E-state index < -0.39 is 23.7 Å². The number of halogens is 3. The minimum absolute atomic E-state index is 0.106. The quantitative estimate of drug-likeness (QED) is 0.670. The lowest BCUT2D eigenvalue weighted by Gasteiger charge is -2.30. The molecule has 1 atom stereocenters. The monoisotopic (exact) mass is 436 g/mol. The first-order valence-corrected chi connectivity index (χ1v) is 10.7. The zero-order valence-corrected chi connectivity index (χ0v) is 17.4. The maximum absolute atomic E-state index is 12.9. The van der Waals surface area contributed by atoms with Gasteiger partial charge in [0.1, 0.15) is 6.04 Å². The van der Waals surface area contributed by atoms with E-state index >= 15 is 0 Å². The molecule has 1 unspecified atom stereocenters. The molecule has 4 nitrogen and oxygen atoms in total. The van der Waals surface area contributed by atoms with Gasteiger partial charge in [-0.1, -0.05) is 25.5 Å². The lowest BCUT2D eigenvalue weighted by atomic mass is 10.1. The SMILES string of the molecule is CCCC(NC(=O)C=Cc1ccc(C(F)(F)F)cc1)C(=O)N1CCc2sccc2C1. The van der Waals surface area contributed by atoms with Crippen molar-refractivity contribution >= 4 is 29.2 Å². The molecule has 1 N–H and O–H groups in total. The van der Waals surface area contributed by atoms with Crippen molar-refractivity contribution in [2.45, 2.75) is 44.9 Å². The average Bonchev–Trinajstić information content (AvgIpc) is 3.19. The lowest BCUT2D eigenvalue weighted by Crippen LogP contribution is -2.49. The molecule has 160 valence electrons. The topological polar surface area (TPSA) is 49.4 Å². The Bertz CT molecular complexity index is 919. The minimum Gasteiger partial charge on any atom is -0.341 e. The number of thiophene rings is 1. The Hall–Kier alpha value is -2.61. The van der Waals surface area contributed by atoms with Gasteiger partial charge in [0.15, 0.2) is 0 Å². The molecule has 2 amide bonds. The summed E-state index contributed by atoms with van der Waals surface area (Å²) in [6, 6.07) is 5.94. The van der Waals surface area contributed by atoms with E-state index in [1.165, 1.54) is 29.2 Å². The summed E-state index contributed by atoms with van der Waals surface area (Å²) in [5, 5.41) is 4.77. The van der Waals surface area contributed by atoms with Crippen LogP contribution in [0.4, 0.5) is 13.2 Å². The number of carbonyl (C=O) groups excluding carboxylic acids is 2. The fourth-order valence-corrected chi connectivity index (χ4v) is 4.27. The van der Waals surface area contributed by atoms with Crippen LogP contribution in [0.2, 0.25) is 0 Å². The predicted molar refractivity (Wildman–Crippen MR) is 111 cm³/mol. The molecule has 0 aliphatic carbocycles. The van der Waals surface area contributed by atoms with Gasteiger partial charge in [-0.25, -0.2) is 0 Å². The van der Waals surface area contributed by atoms with Crippen molar-refractivity contribution in [1.82, 2.24) is 10.2 Å². The lowest BCUT2D eigenvalue weighted by molar-refractivity contribution is -0.137. The Kier molecular flexibility index (Phi) is 6.97. The number of hydrogen-bond acceptors (Lipinski definition) is 3. The van der Waals surface area contributed by atoms with E-state index in [2.05, 4.69) is 5.32 Å². The van der Waals surface area contributed by atoms with Gasteiger partial charge in [0.05, 0.1) is 5.56 Å². The Morgan fingerprint density at radius 1 is 1.23 bits per heavy atom. The van der Waals surface area contributed by atoms with Gasteiger partial charge in [-0.15, -0.1) is 11.3 Å². The normalized spacial score (nSPS) is 15.1. The van der Waals surface area contributed by atoms with Gasteiger partial charge in [0, 0.05) is 24.0 Å². The number of carbonyl (C=O) groups is 2. The molecule has 30 heavy (non-hydrogen) atoms. The van der Waals surface area contributed by atoms with Crippen LogP contribution in [0.25, 0.3) is 6.08 Å². The molecule has 1 aliphatic rings. The molecule has 1 aliphatic heterocycles. The van der Waals surface area contributed by atoms with E-state index in [9.17, 15) is 22.8 Å². The maximum Gasteiger partial charge on any atom is 0.416 e. The fraction of sp³-hybridized carbons (Fsp3) is 0.364. The summed E-state index contributed by atoms with van der Waals surface area (Å²) in [5.41, 5.74) is 0.883. The van der Waals surface area contributed by atoms with Crippen LogP contribution in [-0.2, 0) is 28.7 Å². The second-order valence-electron chi connectivity index (χ2n) is 7.18. The van der Waals surface area contributed by atoms with E-state index in [4.69, 9.17) is 0 Å². The smallest absolute Gasteiger partial charge is 0.341 e. The molecule has 2 aromatic rings. The van der Waals surface area contributed by atoms with Gasteiger partial charge in [-0.2, -0.15) is 13.2 Å². The molecule has 0 saturated carbocycles. The first-order chi connectivity index (χ1) is 14.3. The highest BCUT2D eigenvalue weighted by molar-refractivity contribution is 7.10. The van der Waals surface area contributed by atoms with Gasteiger partial charge in [0.2, 0.25) is 11.8 Å². The van der Waals surface area contributed by atoms with E-state index in [1.54, 1.807) is 16.2 Å². The number of alkyl halides is 3. The van der Waals surface area contributed by atoms with Gasteiger partial charge in [-0.3, -0.25) is 9.59 Å². The molecule has 1 aromatic heterocycles. The van der Waals surface area contributed by atoms with Gasteiger partial charge >= 0.3 is 6.18 Å². The van der Waals surface area contributed by atoms with Crippen molar-refractivity contribution in [2.75, 3.05) is 6.54 Å². The van der Waals surface area contributed by atoms with Crippen molar-refractivity contribution in [2.24, 2.45) is 0 Å². The fourth-order valence-electron chi connectivity index (χ4n) is 3.38. The summed E-state index contributed by atoms with van der Waals surface area (Å²) in [6.45, 7) is 3.12. The zero-order valence-electron chi connectivity index (χ0n) is 16.5. The molecule has 0 bridgehead atoms. The first kappa shape index (κ1) is 22.1. The number of benzene rings is 1. The molecule has 8 heteroatoms. The molecular formula is C22H23F3N2O2S. The largest absolute Gasteiger partial charge is 0.416 e. The standard InChI is InChI=1S/C22H23F3N2O2S/c1-2-3-18(21(29)27-12-10-19-16(14-27)11-13-30-19)26-20(28)9-6-15-4-7-17(8-5-15)22(23,24)25/h4-9,11,13,18H,2-3,10,12,14H2,1H3,(H,26,28). The van der Waals surface area contributed by atoms with Crippen molar-refractivity contribution < 1.29 is 22.8 Å². The summed E-state index contributed by atoms with van der Waals surface area (Å²) >= 11 is 1.70. The highest BCUT2D eigenvalue weighted by atomic mass is 32.1.